The van der Waals surface area contributed by atoms with Crippen LogP contribution in [0, 0.1) is 0 Å². The van der Waals surface area contributed by atoms with Gasteiger partial charge in [0.25, 0.3) is 0 Å². The minimum atomic E-state index is 0.113. The van der Waals surface area contributed by atoms with Crippen LogP contribution in [0.2, 0.25) is 0 Å². The first-order chi connectivity index (χ1) is 9.54. The molecule has 0 saturated carbocycles. The maximum Gasteiger partial charge on any atom is 0.0664 e. The Balaban J connectivity index is 2.24. The lowest BCUT2D eigenvalue weighted by atomic mass is 10.2. The van der Waals surface area contributed by atoms with E-state index in [1.807, 2.05) is 0 Å². The van der Waals surface area contributed by atoms with E-state index in [0.29, 0.717) is 0 Å². The van der Waals surface area contributed by atoms with E-state index in [9.17, 15) is 0 Å². The van der Waals surface area contributed by atoms with Gasteiger partial charge in [-0.25, -0.2) is 4.98 Å². The molecule has 0 saturated heterocycles. The highest BCUT2D eigenvalue weighted by Gasteiger charge is 2.04. The molecule has 20 heavy (non-hydrogen) atoms. The summed E-state index contributed by atoms with van der Waals surface area (Å²) in [6.07, 6.45) is 0. The van der Waals surface area contributed by atoms with Gasteiger partial charge in [-0.2, -0.15) is 0 Å². The minimum absolute atomic E-state index is 0.113. The van der Waals surface area contributed by atoms with Crippen LogP contribution < -0.4 is 9.80 Å². The number of nitrogens with zero attached hydrogens (tertiary/aromatic N) is 3. The number of benzene rings is 2. The molecule has 0 fully saturated rings. The fraction of sp³-hybridized carbons (Fsp3) is 0.250. The standard InChI is InChI=1S/C16H19N3Si/c1-18(2)11-5-7-13-15(9-11)20-16-10-12(19(3)4)6-8-14(16)17-13/h5-10,20H,1-4H3. The van der Waals surface area contributed by atoms with Gasteiger partial charge in [-0.15, -0.1) is 0 Å². The summed E-state index contributed by atoms with van der Waals surface area (Å²) < 4.78 is 0. The highest BCUT2D eigenvalue weighted by molar-refractivity contribution is 6.59. The first kappa shape index (κ1) is 13.1. The number of hydrogen-bond acceptors (Lipinski definition) is 3. The molecule has 0 amide bonds. The van der Waals surface area contributed by atoms with E-state index in [-0.39, 0.29) is 9.12 Å². The van der Waals surface area contributed by atoms with Crippen molar-refractivity contribution in [3.05, 3.63) is 36.4 Å². The summed E-state index contributed by atoms with van der Waals surface area (Å²) in [7, 11) is 8.43. The van der Waals surface area contributed by atoms with Crippen LogP contribution in [0.3, 0.4) is 0 Å². The van der Waals surface area contributed by atoms with E-state index in [2.05, 4.69) is 74.4 Å². The van der Waals surface area contributed by atoms with Crippen LogP contribution in [-0.2, 0) is 0 Å². The van der Waals surface area contributed by atoms with E-state index in [1.165, 1.54) is 21.4 Å². The van der Waals surface area contributed by atoms with Crippen molar-refractivity contribution in [2.45, 2.75) is 0 Å². The molecule has 1 heterocycles. The third-order valence-electron chi connectivity index (χ3n) is 3.61. The predicted octanol–water partition coefficient (Wildman–Crippen LogP) is 2.59. The fourth-order valence-corrected chi connectivity index (χ4v) is 3.83. The molecule has 0 unspecified atom stereocenters. The Kier molecular flexibility index (Phi) is 3.18. The summed E-state index contributed by atoms with van der Waals surface area (Å²) in [6, 6.07) is 13.1. The molecule has 3 aromatic rings. The molecule has 2 aromatic carbocycles. The molecule has 0 aliphatic carbocycles. The molecule has 3 nitrogen and oxygen atoms in total. The van der Waals surface area contributed by atoms with Crippen LogP contribution in [0.1, 0.15) is 0 Å². The largest absolute Gasteiger partial charge is 0.378 e. The van der Waals surface area contributed by atoms with Crippen LogP contribution in [0.15, 0.2) is 36.4 Å². The maximum absolute atomic E-state index is 4.79. The number of rotatable bonds is 2. The molecule has 0 spiro atoms. The van der Waals surface area contributed by atoms with Gasteiger partial charge in [-0.05, 0) is 46.4 Å². The highest BCUT2D eigenvalue weighted by atomic mass is 28.2. The van der Waals surface area contributed by atoms with Crippen LogP contribution >= 0.6 is 0 Å². The van der Waals surface area contributed by atoms with Crippen molar-refractivity contribution in [3.8, 4) is 0 Å². The summed E-state index contributed by atoms with van der Waals surface area (Å²) in [5, 5.41) is 0. The Morgan fingerprint density at radius 1 is 0.750 bits per heavy atom. The second-order valence-electron chi connectivity index (χ2n) is 5.53. The zero-order chi connectivity index (χ0) is 14.3. The van der Waals surface area contributed by atoms with E-state index < -0.39 is 0 Å². The average molecular weight is 281 g/mol. The van der Waals surface area contributed by atoms with Crippen molar-refractivity contribution in [1.29, 1.82) is 0 Å². The SMILES string of the molecule is CN(C)c1ccc2nc3ccc(N(C)C)cc3[siH]c2c1. The molecule has 0 atom stereocenters. The van der Waals surface area contributed by atoms with Gasteiger partial charge < -0.3 is 9.80 Å². The molecule has 0 radical (unpaired) electrons. The van der Waals surface area contributed by atoms with Gasteiger partial charge in [0.15, 0.2) is 0 Å². The molecule has 4 heteroatoms. The minimum Gasteiger partial charge on any atom is -0.378 e. The molecule has 0 aliphatic rings. The average Bonchev–Trinajstić information content (AvgIpc) is 2.43. The van der Waals surface area contributed by atoms with Gasteiger partial charge in [-0.1, -0.05) is 0 Å². The fourth-order valence-electron chi connectivity index (χ4n) is 2.37. The predicted molar refractivity (Wildman–Crippen MR) is 90.6 cm³/mol. The van der Waals surface area contributed by atoms with Crippen LogP contribution in [0.4, 0.5) is 11.4 Å². The molecule has 0 bridgehead atoms. The van der Waals surface area contributed by atoms with E-state index >= 15 is 0 Å². The summed E-state index contributed by atoms with van der Waals surface area (Å²) in [5.74, 6) is 0. The second kappa shape index (κ2) is 4.87. The molecule has 102 valence electrons. The van der Waals surface area contributed by atoms with Crippen molar-refractivity contribution in [2.75, 3.05) is 38.0 Å². The van der Waals surface area contributed by atoms with Crippen LogP contribution in [0.25, 0.3) is 21.0 Å². The Morgan fingerprint density at radius 3 is 1.60 bits per heavy atom. The third kappa shape index (κ3) is 2.27. The zero-order valence-electron chi connectivity index (χ0n) is 12.4. The van der Waals surface area contributed by atoms with Crippen LogP contribution in [-0.4, -0.2) is 42.3 Å². The van der Waals surface area contributed by atoms with Gasteiger partial charge in [-0.3, -0.25) is 0 Å². The van der Waals surface area contributed by atoms with Gasteiger partial charge in [0, 0.05) is 48.7 Å². The Morgan fingerprint density at radius 2 is 1.20 bits per heavy atom. The smallest absolute Gasteiger partial charge is 0.0664 e. The summed E-state index contributed by atoms with van der Waals surface area (Å²) in [5.41, 5.74) is 4.77. The van der Waals surface area contributed by atoms with Gasteiger partial charge in [0.2, 0.25) is 0 Å². The first-order valence-electron chi connectivity index (χ1n) is 6.74. The topological polar surface area (TPSA) is 19.4 Å². The number of hydrogen-bond donors (Lipinski definition) is 0. The van der Waals surface area contributed by atoms with E-state index in [0.717, 1.165) is 11.0 Å². The molecule has 0 N–H and O–H groups in total. The van der Waals surface area contributed by atoms with Crippen LogP contribution in [0.5, 0.6) is 0 Å². The molecule has 1 aromatic heterocycles. The second-order valence-corrected chi connectivity index (χ2v) is 7.06. The van der Waals surface area contributed by atoms with Crippen molar-refractivity contribution in [3.63, 3.8) is 0 Å². The summed E-state index contributed by atoms with van der Waals surface area (Å²) >= 11 is 0. The molecule has 0 aliphatic heterocycles. The highest BCUT2D eigenvalue weighted by Crippen LogP contribution is 2.23. The maximum atomic E-state index is 4.79. The van der Waals surface area contributed by atoms with E-state index in [1.54, 1.807) is 0 Å². The Labute approximate surface area is 121 Å². The number of fused-ring (bicyclic) bond motifs is 2. The zero-order valence-corrected chi connectivity index (χ0v) is 13.5. The number of aromatic nitrogens is 1. The van der Waals surface area contributed by atoms with Crippen molar-refractivity contribution < 1.29 is 0 Å². The molecule has 3 rings (SSSR count). The Hall–Kier alpha value is -1.94. The number of anilines is 2. The molecular weight excluding hydrogens is 262 g/mol. The van der Waals surface area contributed by atoms with Gasteiger partial charge in [0.1, 0.15) is 0 Å². The van der Waals surface area contributed by atoms with Gasteiger partial charge >= 0.3 is 0 Å². The lowest BCUT2D eigenvalue weighted by molar-refractivity contribution is 1.13. The van der Waals surface area contributed by atoms with Crippen molar-refractivity contribution in [1.82, 2.24) is 4.98 Å². The quantitative estimate of drug-likeness (QED) is 0.532. The summed E-state index contributed by atoms with van der Waals surface area (Å²) in [6.45, 7) is 0. The Bertz CT molecular complexity index is 718. The first-order valence-corrected chi connectivity index (χ1v) is 7.89. The normalized spacial score (nSPS) is 11.0. The van der Waals surface area contributed by atoms with E-state index in [4.69, 9.17) is 4.98 Å². The molecular formula is C16H19N3Si. The lowest BCUT2D eigenvalue weighted by Gasteiger charge is -2.14. The van der Waals surface area contributed by atoms with Gasteiger partial charge in [0.05, 0.1) is 11.0 Å². The summed E-state index contributed by atoms with van der Waals surface area (Å²) in [4.78, 5) is 11.9. The monoisotopic (exact) mass is 281 g/mol. The van der Waals surface area contributed by atoms with Crippen molar-refractivity contribution in [2.24, 2.45) is 0 Å². The lowest BCUT2D eigenvalue weighted by Crippen LogP contribution is -2.09. The van der Waals surface area contributed by atoms with Crippen molar-refractivity contribution >= 4 is 41.5 Å². The third-order valence-corrected chi connectivity index (χ3v) is 5.15.